The number of halogens is 1. The number of amides is 1. The quantitative estimate of drug-likeness (QED) is 0.435. The van der Waals surface area contributed by atoms with Crippen LogP contribution in [0.2, 0.25) is 0 Å². The molecular weight excluding hydrogens is 421 g/mol. The molecule has 0 unspecified atom stereocenters. The number of piperazine rings is 1. The largest absolute Gasteiger partial charge is 0.450 e. The van der Waals surface area contributed by atoms with Gasteiger partial charge in [0.1, 0.15) is 0 Å². The fourth-order valence-electron chi connectivity index (χ4n) is 2.51. The molecule has 24 heavy (non-hydrogen) atoms. The summed E-state index contributed by atoms with van der Waals surface area (Å²) in [6, 6.07) is 3.98. The van der Waals surface area contributed by atoms with Crippen molar-refractivity contribution in [3.05, 3.63) is 29.6 Å². The summed E-state index contributed by atoms with van der Waals surface area (Å²) < 4.78 is 5.04. The first-order valence-electron chi connectivity index (χ1n) is 7.93. The molecule has 7 nitrogen and oxygen atoms in total. The lowest BCUT2D eigenvalue weighted by atomic mass is 10.2. The van der Waals surface area contributed by atoms with E-state index in [2.05, 4.69) is 20.2 Å². The Labute approximate surface area is 160 Å². The average molecular weight is 447 g/mol. The minimum absolute atomic E-state index is 0. The Morgan fingerprint density at radius 3 is 2.58 bits per heavy atom. The van der Waals surface area contributed by atoms with Crippen LogP contribution in [0.4, 0.5) is 4.79 Å². The highest BCUT2D eigenvalue weighted by molar-refractivity contribution is 14.0. The third-order valence-corrected chi connectivity index (χ3v) is 3.85. The third kappa shape index (κ3) is 5.50. The van der Waals surface area contributed by atoms with Gasteiger partial charge in [0.25, 0.3) is 0 Å². The van der Waals surface area contributed by atoms with Crippen LogP contribution >= 0.6 is 24.0 Å². The van der Waals surface area contributed by atoms with E-state index in [1.54, 1.807) is 18.1 Å². The maximum Gasteiger partial charge on any atom is 0.409 e. The zero-order chi connectivity index (χ0) is 16.7. The number of guanidine groups is 1. The molecule has 1 aliphatic heterocycles. The van der Waals surface area contributed by atoms with E-state index >= 15 is 0 Å². The second kappa shape index (κ2) is 10.3. The number of nitrogens with one attached hydrogen (secondary N) is 1. The molecule has 2 heterocycles. The predicted octanol–water partition coefficient (Wildman–Crippen LogP) is 1.86. The van der Waals surface area contributed by atoms with Crippen molar-refractivity contribution >= 4 is 36.0 Å². The van der Waals surface area contributed by atoms with Crippen LogP contribution in [-0.4, -0.2) is 66.7 Å². The second-order valence-electron chi connectivity index (χ2n) is 5.34. The number of hydrogen-bond acceptors (Lipinski definition) is 4. The molecule has 134 valence electrons. The lowest BCUT2D eigenvalue weighted by molar-refractivity contribution is 0.0914. The Balaban J connectivity index is 0.00000288. The Morgan fingerprint density at radius 2 is 2.00 bits per heavy atom. The minimum atomic E-state index is -0.237. The number of aromatic nitrogens is 1. The topological polar surface area (TPSA) is 70.1 Å². The molecule has 1 amide bonds. The summed E-state index contributed by atoms with van der Waals surface area (Å²) in [5, 5.41) is 3.34. The summed E-state index contributed by atoms with van der Waals surface area (Å²) >= 11 is 0. The van der Waals surface area contributed by atoms with Crippen LogP contribution in [0.15, 0.2) is 23.3 Å². The number of aryl methyl sites for hydroxylation is 1. The molecule has 1 aromatic heterocycles. The van der Waals surface area contributed by atoms with Crippen molar-refractivity contribution in [1.82, 2.24) is 20.1 Å². The van der Waals surface area contributed by atoms with Crippen LogP contribution in [0.1, 0.15) is 18.2 Å². The van der Waals surface area contributed by atoms with Crippen molar-refractivity contribution in [3.8, 4) is 0 Å². The number of nitrogens with zero attached hydrogens (tertiary/aromatic N) is 4. The maximum absolute atomic E-state index is 11.7. The molecular formula is C16H26IN5O2. The molecule has 0 saturated carbocycles. The zero-order valence-corrected chi connectivity index (χ0v) is 16.8. The van der Waals surface area contributed by atoms with Gasteiger partial charge in [0.15, 0.2) is 5.96 Å². The van der Waals surface area contributed by atoms with Gasteiger partial charge in [0.2, 0.25) is 0 Å². The highest BCUT2D eigenvalue weighted by atomic mass is 127. The lowest BCUT2D eigenvalue weighted by Gasteiger charge is -2.35. The van der Waals surface area contributed by atoms with Crippen LogP contribution in [0.3, 0.4) is 0 Å². The Kier molecular flexibility index (Phi) is 8.80. The molecule has 1 aromatic rings. The molecule has 1 saturated heterocycles. The van der Waals surface area contributed by atoms with Gasteiger partial charge in [-0.2, -0.15) is 0 Å². The van der Waals surface area contributed by atoms with Gasteiger partial charge in [0, 0.05) is 39.4 Å². The van der Waals surface area contributed by atoms with Crippen molar-refractivity contribution in [2.24, 2.45) is 4.99 Å². The first-order valence-corrected chi connectivity index (χ1v) is 7.93. The van der Waals surface area contributed by atoms with Gasteiger partial charge in [-0.1, -0.05) is 6.07 Å². The van der Waals surface area contributed by atoms with E-state index < -0.39 is 0 Å². The van der Waals surface area contributed by atoms with Crippen LogP contribution < -0.4 is 5.32 Å². The summed E-state index contributed by atoms with van der Waals surface area (Å²) in [5.74, 6) is 0.832. The standard InChI is InChI=1S/C16H25N5O2.HI/c1-4-23-16(22)21-10-8-20(9-11-21)15(17-3)19-12-14-13(2)6-5-7-18-14;/h5-7H,4,8-12H2,1-3H3,(H,17,19);1H. The zero-order valence-electron chi connectivity index (χ0n) is 14.5. The number of rotatable bonds is 3. The summed E-state index contributed by atoms with van der Waals surface area (Å²) in [7, 11) is 1.77. The van der Waals surface area contributed by atoms with E-state index in [4.69, 9.17) is 4.74 Å². The first kappa shape index (κ1) is 20.5. The first-order chi connectivity index (χ1) is 11.2. The van der Waals surface area contributed by atoms with Crippen molar-refractivity contribution < 1.29 is 9.53 Å². The van der Waals surface area contributed by atoms with Crippen molar-refractivity contribution in [3.63, 3.8) is 0 Å². The van der Waals surface area contributed by atoms with E-state index in [0.717, 1.165) is 30.3 Å². The minimum Gasteiger partial charge on any atom is -0.450 e. The van der Waals surface area contributed by atoms with Crippen molar-refractivity contribution in [2.75, 3.05) is 39.8 Å². The van der Waals surface area contributed by atoms with E-state index in [0.29, 0.717) is 26.2 Å². The van der Waals surface area contributed by atoms with E-state index in [1.165, 1.54) is 0 Å². The SMILES string of the molecule is CCOC(=O)N1CCN(C(=NC)NCc2ncccc2C)CC1.I. The number of hydrogen-bond donors (Lipinski definition) is 1. The van der Waals surface area contributed by atoms with Crippen LogP contribution in [0, 0.1) is 6.92 Å². The Morgan fingerprint density at radius 1 is 1.33 bits per heavy atom. The molecule has 1 fully saturated rings. The van der Waals surface area contributed by atoms with E-state index in [1.807, 2.05) is 26.0 Å². The molecule has 1 aliphatic rings. The fourth-order valence-corrected chi connectivity index (χ4v) is 2.51. The van der Waals surface area contributed by atoms with E-state index in [-0.39, 0.29) is 30.1 Å². The number of aliphatic imine (C=N–C) groups is 1. The normalized spacial score (nSPS) is 14.9. The lowest BCUT2D eigenvalue weighted by Crippen LogP contribution is -2.53. The maximum atomic E-state index is 11.7. The summed E-state index contributed by atoms with van der Waals surface area (Å²) in [4.78, 5) is 24.3. The molecule has 8 heteroatoms. The van der Waals surface area contributed by atoms with Gasteiger partial charge in [0.05, 0.1) is 18.8 Å². The number of carbonyl (C=O) groups excluding carboxylic acids is 1. The molecule has 0 atom stereocenters. The molecule has 2 rings (SSSR count). The second-order valence-corrected chi connectivity index (χ2v) is 5.34. The van der Waals surface area contributed by atoms with Crippen molar-refractivity contribution in [2.45, 2.75) is 20.4 Å². The molecule has 0 aromatic carbocycles. The molecule has 0 radical (unpaired) electrons. The number of pyridine rings is 1. The molecule has 1 N–H and O–H groups in total. The van der Waals surface area contributed by atoms with Crippen LogP contribution in [-0.2, 0) is 11.3 Å². The van der Waals surface area contributed by atoms with E-state index in [9.17, 15) is 4.79 Å². The summed E-state index contributed by atoms with van der Waals surface area (Å²) in [6.45, 7) is 7.66. The third-order valence-electron chi connectivity index (χ3n) is 3.85. The number of carbonyl (C=O) groups is 1. The highest BCUT2D eigenvalue weighted by Crippen LogP contribution is 2.06. The molecule has 0 bridgehead atoms. The van der Waals surface area contributed by atoms with Gasteiger partial charge >= 0.3 is 6.09 Å². The number of ether oxygens (including phenoxy) is 1. The van der Waals surface area contributed by atoms with Gasteiger partial charge in [-0.25, -0.2) is 4.79 Å². The van der Waals surface area contributed by atoms with Gasteiger partial charge in [-0.05, 0) is 25.5 Å². The molecule has 0 spiro atoms. The van der Waals surface area contributed by atoms with Crippen LogP contribution in [0.5, 0.6) is 0 Å². The smallest absolute Gasteiger partial charge is 0.409 e. The Hall–Kier alpha value is -1.58. The summed E-state index contributed by atoms with van der Waals surface area (Å²) in [5.41, 5.74) is 2.17. The Bertz CT molecular complexity index is 559. The average Bonchev–Trinajstić information content (AvgIpc) is 2.57. The highest BCUT2D eigenvalue weighted by Gasteiger charge is 2.23. The predicted molar refractivity (Wildman–Crippen MR) is 105 cm³/mol. The summed E-state index contributed by atoms with van der Waals surface area (Å²) in [6.07, 6.45) is 1.56. The van der Waals surface area contributed by atoms with Crippen LogP contribution in [0.25, 0.3) is 0 Å². The fraction of sp³-hybridized carbons (Fsp3) is 0.562. The molecule has 0 aliphatic carbocycles. The van der Waals surface area contributed by atoms with Gasteiger partial charge in [-0.15, -0.1) is 24.0 Å². The van der Waals surface area contributed by atoms with Gasteiger partial charge in [-0.3, -0.25) is 9.98 Å². The monoisotopic (exact) mass is 447 g/mol. The van der Waals surface area contributed by atoms with Crippen molar-refractivity contribution in [1.29, 1.82) is 0 Å². The van der Waals surface area contributed by atoms with Gasteiger partial charge < -0.3 is 19.9 Å².